The molecule has 6 heteroatoms. The van der Waals surface area contributed by atoms with Crippen molar-refractivity contribution in [2.75, 3.05) is 5.32 Å². The summed E-state index contributed by atoms with van der Waals surface area (Å²) in [6.07, 6.45) is 0. The summed E-state index contributed by atoms with van der Waals surface area (Å²) in [6.45, 7) is 3.61. The van der Waals surface area contributed by atoms with E-state index >= 15 is 0 Å². The SMILES string of the molecule is CC1=NC(=O)NC(c2ccc(F)cc2)C1C(=O)Nc1ccc(C)cc1. The highest BCUT2D eigenvalue weighted by molar-refractivity contribution is 6.13. The summed E-state index contributed by atoms with van der Waals surface area (Å²) in [6, 6.07) is 12.0. The number of amides is 3. The van der Waals surface area contributed by atoms with Crippen LogP contribution in [0.3, 0.4) is 0 Å². The van der Waals surface area contributed by atoms with Crippen molar-refractivity contribution in [3.63, 3.8) is 0 Å². The standard InChI is InChI=1S/C19H18FN3O2/c1-11-3-9-15(10-4-11)22-18(24)16-12(2)21-19(25)23-17(16)13-5-7-14(20)8-6-13/h3-10,16-17H,1-2H3,(H,22,24)(H,23,25). The van der Waals surface area contributed by atoms with Crippen LogP contribution in [0.15, 0.2) is 53.5 Å². The molecule has 0 fully saturated rings. The van der Waals surface area contributed by atoms with Crippen molar-refractivity contribution in [2.24, 2.45) is 10.9 Å². The largest absolute Gasteiger partial charge is 0.341 e. The molecule has 25 heavy (non-hydrogen) atoms. The molecule has 0 aromatic heterocycles. The normalized spacial score (nSPS) is 19.8. The molecule has 1 aliphatic rings. The van der Waals surface area contributed by atoms with E-state index in [1.165, 1.54) is 12.1 Å². The first-order chi connectivity index (χ1) is 11.9. The van der Waals surface area contributed by atoms with Crippen LogP contribution in [-0.4, -0.2) is 17.6 Å². The van der Waals surface area contributed by atoms with E-state index in [1.807, 2.05) is 31.2 Å². The van der Waals surface area contributed by atoms with E-state index in [1.54, 1.807) is 19.1 Å². The summed E-state index contributed by atoms with van der Waals surface area (Å²) in [5, 5.41) is 5.55. The minimum absolute atomic E-state index is 0.278. The Kier molecular flexibility index (Phi) is 4.61. The van der Waals surface area contributed by atoms with Gasteiger partial charge in [0.25, 0.3) is 0 Å². The zero-order valence-electron chi connectivity index (χ0n) is 13.9. The van der Waals surface area contributed by atoms with E-state index < -0.39 is 18.0 Å². The van der Waals surface area contributed by atoms with Crippen molar-refractivity contribution in [3.05, 3.63) is 65.5 Å². The quantitative estimate of drug-likeness (QED) is 0.897. The Morgan fingerprint density at radius 1 is 1.08 bits per heavy atom. The van der Waals surface area contributed by atoms with Gasteiger partial charge < -0.3 is 10.6 Å². The molecule has 3 rings (SSSR count). The van der Waals surface area contributed by atoms with Crippen LogP contribution >= 0.6 is 0 Å². The second-order valence-electron chi connectivity index (χ2n) is 6.06. The Morgan fingerprint density at radius 3 is 2.36 bits per heavy atom. The van der Waals surface area contributed by atoms with Crippen LogP contribution in [0.4, 0.5) is 14.9 Å². The molecule has 2 aromatic carbocycles. The van der Waals surface area contributed by atoms with Gasteiger partial charge in [0.2, 0.25) is 5.91 Å². The molecule has 2 atom stereocenters. The van der Waals surface area contributed by atoms with Gasteiger partial charge in [-0.15, -0.1) is 0 Å². The molecule has 1 heterocycles. The number of urea groups is 1. The second-order valence-corrected chi connectivity index (χ2v) is 6.06. The van der Waals surface area contributed by atoms with Crippen LogP contribution in [0, 0.1) is 18.7 Å². The molecule has 5 nitrogen and oxygen atoms in total. The van der Waals surface area contributed by atoms with E-state index in [0.717, 1.165) is 5.56 Å². The fourth-order valence-electron chi connectivity index (χ4n) is 2.86. The van der Waals surface area contributed by atoms with Crippen molar-refractivity contribution < 1.29 is 14.0 Å². The maximum Gasteiger partial charge on any atom is 0.341 e. The molecule has 0 radical (unpaired) electrons. The number of anilines is 1. The summed E-state index contributed by atoms with van der Waals surface area (Å²) in [5.74, 6) is -1.33. The zero-order valence-corrected chi connectivity index (χ0v) is 13.9. The fraction of sp³-hybridized carbons (Fsp3) is 0.211. The van der Waals surface area contributed by atoms with Gasteiger partial charge >= 0.3 is 6.03 Å². The Balaban J connectivity index is 1.89. The lowest BCUT2D eigenvalue weighted by atomic mass is 9.87. The number of aliphatic imine (C=N–C) groups is 1. The molecule has 2 N–H and O–H groups in total. The lowest BCUT2D eigenvalue weighted by Gasteiger charge is -2.30. The van der Waals surface area contributed by atoms with Crippen LogP contribution in [-0.2, 0) is 4.79 Å². The van der Waals surface area contributed by atoms with Crippen molar-refractivity contribution in [1.29, 1.82) is 0 Å². The number of carbonyl (C=O) groups excluding carboxylic acids is 2. The van der Waals surface area contributed by atoms with Gasteiger partial charge in [0.15, 0.2) is 0 Å². The molecule has 2 aromatic rings. The minimum atomic E-state index is -0.676. The van der Waals surface area contributed by atoms with E-state index in [4.69, 9.17) is 0 Å². The molecule has 0 aliphatic carbocycles. The van der Waals surface area contributed by atoms with Crippen LogP contribution in [0.5, 0.6) is 0 Å². The second kappa shape index (κ2) is 6.84. The molecule has 128 valence electrons. The Bertz CT molecular complexity index is 829. The third kappa shape index (κ3) is 3.74. The number of nitrogens with one attached hydrogen (secondary N) is 2. The molecule has 2 unspecified atom stereocenters. The predicted molar refractivity (Wildman–Crippen MR) is 94.1 cm³/mol. The number of hydrogen-bond acceptors (Lipinski definition) is 2. The number of nitrogens with zero attached hydrogens (tertiary/aromatic N) is 1. The van der Waals surface area contributed by atoms with Gasteiger partial charge in [-0.3, -0.25) is 4.79 Å². The van der Waals surface area contributed by atoms with Gasteiger partial charge in [-0.2, -0.15) is 0 Å². The number of rotatable bonds is 3. The monoisotopic (exact) mass is 339 g/mol. The first-order valence-corrected chi connectivity index (χ1v) is 7.93. The van der Waals surface area contributed by atoms with Gasteiger partial charge in [0.1, 0.15) is 11.7 Å². The molecule has 0 bridgehead atoms. The molecular weight excluding hydrogens is 321 g/mol. The van der Waals surface area contributed by atoms with Crippen molar-refractivity contribution in [2.45, 2.75) is 19.9 Å². The van der Waals surface area contributed by atoms with Crippen LogP contribution in [0.2, 0.25) is 0 Å². The number of carbonyl (C=O) groups is 2. The third-order valence-electron chi connectivity index (χ3n) is 4.17. The summed E-state index contributed by atoms with van der Waals surface area (Å²) >= 11 is 0. The topological polar surface area (TPSA) is 70.6 Å². The molecule has 1 aliphatic heterocycles. The van der Waals surface area contributed by atoms with Gasteiger partial charge in [0, 0.05) is 11.4 Å². The average Bonchev–Trinajstić information content (AvgIpc) is 2.57. The maximum atomic E-state index is 13.2. The van der Waals surface area contributed by atoms with Gasteiger partial charge in [-0.05, 0) is 43.7 Å². The smallest absolute Gasteiger partial charge is 0.328 e. The number of aryl methyl sites for hydroxylation is 1. The maximum absolute atomic E-state index is 13.2. The van der Waals surface area contributed by atoms with Gasteiger partial charge in [-0.25, -0.2) is 14.2 Å². The summed E-state index contributed by atoms with van der Waals surface area (Å²) in [7, 11) is 0. The number of hydrogen-bond donors (Lipinski definition) is 2. The summed E-state index contributed by atoms with van der Waals surface area (Å²) in [5.41, 5.74) is 2.82. The highest BCUT2D eigenvalue weighted by Crippen LogP contribution is 2.28. The fourth-order valence-corrected chi connectivity index (χ4v) is 2.86. The van der Waals surface area contributed by atoms with E-state index in [0.29, 0.717) is 17.0 Å². The van der Waals surface area contributed by atoms with E-state index in [2.05, 4.69) is 15.6 Å². The minimum Gasteiger partial charge on any atom is -0.328 e. The first-order valence-electron chi connectivity index (χ1n) is 7.93. The van der Waals surface area contributed by atoms with Crippen LogP contribution < -0.4 is 10.6 Å². The van der Waals surface area contributed by atoms with Crippen molar-refractivity contribution >= 4 is 23.3 Å². The van der Waals surface area contributed by atoms with Crippen LogP contribution in [0.1, 0.15) is 24.1 Å². The lowest BCUT2D eigenvalue weighted by Crippen LogP contribution is -2.45. The molecule has 0 saturated carbocycles. The lowest BCUT2D eigenvalue weighted by molar-refractivity contribution is -0.118. The number of benzene rings is 2. The van der Waals surface area contributed by atoms with Crippen molar-refractivity contribution in [3.8, 4) is 0 Å². The highest BCUT2D eigenvalue weighted by Gasteiger charge is 2.36. The molecule has 0 saturated heterocycles. The Labute approximate surface area is 145 Å². The predicted octanol–water partition coefficient (Wildman–Crippen LogP) is 3.61. The third-order valence-corrected chi connectivity index (χ3v) is 4.17. The average molecular weight is 339 g/mol. The molecular formula is C19H18FN3O2. The van der Waals surface area contributed by atoms with Crippen molar-refractivity contribution in [1.82, 2.24) is 5.32 Å². The van der Waals surface area contributed by atoms with Crippen LogP contribution in [0.25, 0.3) is 0 Å². The van der Waals surface area contributed by atoms with E-state index in [9.17, 15) is 14.0 Å². The Hall–Kier alpha value is -3.02. The summed E-state index contributed by atoms with van der Waals surface area (Å²) in [4.78, 5) is 28.5. The molecule has 3 amide bonds. The first kappa shape index (κ1) is 16.8. The highest BCUT2D eigenvalue weighted by atomic mass is 19.1. The zero-order chi connectivity index (χ0) is 18.0. The van der Waals surface area contributed by atoms with Gasteiger partial charge in [0.05, 0.1) is 6.04 Å². The summed E-state index contributed by atoms with van der Waals surface area (Å²) < 4.78 is 13.2. The van der Waals surface area contributed by atoms with Gasteiger partial charge in [-0.1, -0.05) is 29.8 Å². The Morgan fingerprint density at radius 2 is 1.72 bits per heavy atom. The molecule has 0 spiro atoms. The number of halogens is 1. The van der Waals surface area contributed by atoms with E-state index in [-0.39, 0.29) is 11.7 Å².